The zero-order valence-electron chi connectivity index (χ0n) is 20.9. The van der Waals surface area contributed by atoms with Crippen molar-refractivity contribution in [2.24, 2.45) is 0 Å². The lowest BCUT2D eigenvalue weighted by Gasteiger charge is -2.26. The third-order valence-corrected chi connectivity index (χ3v) is 5.33. The maximum Gasteiger partial charge on any atom is 0.330 e. The highest BCUT2D eigenvalue weighted by Gasteiger charge is 2.24. The van der Waals surface area contributed by atoms with Gasteiger partial charge in [-0.25, -0.2) is 14.4 Å². The van der Waals surface area contributed by atoms with Crippen LogP contribution in [0.3, 0.4) is 0 Å². The molecular weight excluding hydrogens is 514 g/mol. The molecule has 0 atom stereocenters. The second-order valence-electron chi connectivity index (χ2n) is 7.86. The highest BCUT2D eigenvalue weighted by Crippen LogP contribution is 2.39. The number of hydrogen-bond donors (Lipinski definition) is 4. The van der Waals surface area contributed by atoms with Crippen molar-refractivity contribution in [3.63, 3.8) is 0 Å². The van der Waals surface area contributed by atoms with E-state index in [1.165, 1.54) is 6.08 Å². The molecule has 2 aromatic rings. The summed E-state index contributed by atoms with van der Waals surface area (Å²) in [7, 11) is 0. The van der Waals surface area contributed by atoms with E-state index in [1.807, 2.05) is 36.4 Å². The number of hydrogen-bond acceptors (Lipinski definition) is 7. The Hall–Kier alpha value is -4.15. The molecule has 1 amide bonds. The zero-order chi connectivity index (χ0) is 27.9. The number of unbranched alkanes of at least 4 members (excludes halogenated alkanes) is 1. The first-order chi connectivity index (χ1) is 18.2. The molecule has 11 heteroatoms. The van der Waals surface area contributed by atoms with Crippen molar-refractivity contribution < 1.29 is 34.1 Å². The van der Waals surface area contributed by atoms with Gasteiger partial charge in [-0.2, -0.15) is 0 Å². The van der Waals surface area contributed by atoms with Gasteiger partial charge < -0.3 is 30.5 Å². The fraction of sp³-hybridized carbons (Fsp3) is 0.259. The van der Waals surface area contributed by atoms with Gasteiger partial charge in [0.15, 0.2) is 0 Å². The number of para-hydroxylation sites is 1. The maximum absolute atomic E-state index is 12.6. The minimum Gasteiger partial charge on any atom is -0.478 e. The Kier molecular flexibility index (Phi) is 12.5. The van der Waals surface area contributed by atoms with E-state index in [-0.39, 0.29) is 11.9 Å². The van der Waals surface area contributed by atoms with Crippen LogP contribution in [-0.4, -0.2) is 60.3 Å². The smallest absolute Gasteiger partial charge is 0.330 e. The highest BCUT2D eigenvalue weighted by atomic mass is 35.5. The van der Waals surface area contributed by atoms with Crippen LogP contribution in [0.5, 0.6) is 0 Å². The molecule has 0 aliphatic carbocycles. The summed E-state index contributed by atoms with van der Waals surface area (Å²) in [5.74, 6) is -2.95. The number of esters is 1. The third kappa shape index (κ3) is 10.1. The number of ether oxygens (including phenoxy) is 1. The molecule has 0 saturated carbocycles. The van der Waals surface area contributed by atoms with E-state index in [4.69, 9.17) is 26.6 Å². The monoisotopic (exact) mass is 543 g/mol. The molecular formula is C27H30ClN3O7. The number of fused-ring (bicyclic) bond motifs is 2. The first kappa shape index (κ1) is 30.1. The van der Waals surface area contributed by atoms with E-state index in [0.29, 0.717) is 35.9 Å². The number of carbonyl (C=O) groups excluding carboxylic acids is 2. The molecule has 0 aromatic heterocycles. The molecule has 0 saturated heterocycles. The normalized spacial score (nSPS) is 12.2. The van der Waals surface area contributed by atoms with Crippen LogP contribution in [0.25, 0.3) is 0 Å². The fourth-order valence-corrected chi connectivity index (χ4v) is 3.65. The lowest BCUT2D eigenvalue weighted by molar-refractivity contribution is -0.137. The van der Waals surface area contributed by atoms with Gasteiger partial charge in [0.1, 0.15) is 0 Å². The molecule has 1 aliphatic rings. The Morgan fingerprint density at radius 3 is 2.42 bits per heavy atom. The summed E-state index contributed by atoms with van der Waals surface area (Å²) in [6.45, 7) is 4.35. The quantitative estimate of drug-likeness (QED) is 0.186. The van der Waals surface area contributed by atoms with Crippen LogP contribution < -0.4 is 15.5 Å². The van der Waals surface area contributed by atoms with E-state index in [2.05, 4.69) is 15.5 Å². The van der Waals surface area contributed by atoms with Gasteiger partial charge in [0.05, 0.1) is 29.2 Å². The number of nitrogens with zero attached hydrogens (tertiary/aromatic N) is 1. The number of carboxylic acid groups (broad SMARTS) is 2. The minimum absolute atomic E-state index is 0.119. The van der Waals surface area contributed by atoms with E-state index >= 15 is 0 Å². The number of anilines is 3. The van der Waals surface area contributed by atoms with Crippen LogP contribution in [0, 0.1) is 0 Å². The number of halogens is 1. The van der Waals surface area contributed by atoms with E-state index < -0.39 is 11.9 Å². The van der Waals surface area contributed by atoms with Crippen molar-refractivity contribution in [1.29, 1.82) is 0 Å². The standard InChI is InChI=1S/C23H26ClN3O3.C4H4O4/c1-2-30-22(28)10-7-14-25-13-5-6-15-27-20-9-4-3-8-18(20)23(29)26-19-12-11-17(24)16-21(19)27;5-3(6)1-2-4(7)8/h3-4,7-12,16,25H,2,5-6,13-15H2,1H3,(H,26,29);1-2H,(H,5,6)(H,7,8)/b10-7+;2-1-. The second kappa shape index (κ2) is 15.9. The molecule has 38 heavy (non-hydrogen) atoms. The Morgan fingerprint density at radius 2 is 1.74 bits per heavy atom. The van der Waals surface area contributed by atoms with Crippen LogP contribution in [0.1, 0.15) is 30.1 Å². The second-order valence-corrected chi connectivity index (χ2v) is 8.30. The number of carboxylic acids is 2. The molecule has 0 fully saturated rings. The molecule has 0 bridgehead atoms. The van der Waals surface area contributed by atoms with E-state index in [9.17, 15) is 19.2 Å². The molecule has 0 unspecified atom stereocenters. The van der Waals surface area contributed by atoms with Gasteiger partial charge in [-0.3, -0.25) is 4.79 Å². The number of rotatable bonds is 11. The number of amides is 1. The number of aliphatic carboxylic acids is 2. The summed E-state index contributed by atoms with van der Waals surface area (Å²) >= 11 is 6.24. The van der Waals surface area contributed by atoms with Gasteiger partial charge in [0, 0.05) is 36.3 Å². The van der Waals surface area contributed by atoms with Crippen LogP contribution >= 0.6 is 11.6 Å². The van der Waals surface area contributed by atoms with Gasteiger partial charge in [-0.05, 0) is 56.6 Å². The predicted octanol–water partition coefficient (Wildman–Crippen LogP) is 4.24. The number of nitrogens with one attached hydrogen (secondary N) is 2. The maximum atomic E-state index is 12.6. The van der Waals surface area contributed by atoms with Crippen molar-refractivity contribution in [1.82, 2.24) is 5.32 Å². The third-order valence-electron chi connectivity index (χ3n) is 5.09. The lowest BCUT2D eigenvalue weighted by atomic mass is 10.1. The van der Waals surface area contributed by atoms with Gasteiger partial charge >= 0.3 is 17.9 Å². The van der Waals surface area contributed by atoms with Gasteiger partial charge in [-0.15, -0.1) is 0 Å². The minimum atomic E-state index is -1.26. The molecule has 10 nitrogen and oxygen atoms in total. The SMILES string of the molecule is CCOC(=O)/C=C/CNCCCCN1c2cc(Cl)ccc2NC(=O)c2ccccc21.O=C(O)/C=C\C(=O)O. The summed E-state index contributed by atoms with van der Waals surface area (Å²) in [4.78, 5) is 45.1. The molecule has 4 N–H and O–H groups in total. The van der Waals surface area contributed by atoms with Gasteiger partial charge in [-0.1, -0.05) is 29.8 Å². The average Bonchev–Trinajstić information content (AvgIpc) is 2.99. The van der Waals surface area contributed by atoms with Crippen LogP contribution in [0.15, 0.2) is 66.8 Å². The Labute approximate surface area is 225 Å². The predicted molar refractivity (Wildman–Crippen MR) is 145 cm³/mol. The zero-order valence-corrected chi connectivity index (χ0v) is 21.6. The molecule has 202 valence electrons. The summed E-state index contributed by atoms with van der Waals surface area (Å²) in [5.41, 5.74) is 3.17. The number of benzene rings is 2. The van der Waals surface area contributed by atoms with Crippen LogP contribution in [-0.2, 0) is 19.1 Å². The van der Waals surface area contributed by atoms with Crippen molar-refractivity contribution in [2.45, 2.75) is 19.8 Å². The van der Waals surface area contributed by atoms with Crippen LogP contribution in [0.4, 0.5) is 17.1 Å². The average molecular weight is 544 g/mol. The van der Waals surface area contributed by atoms with E-state index in [1.54, 1.807) is 19.1 Å². The molecule has 1 heterocycles. The largest absolute Gasteiger partial charge is 0.478 e. The van der Waals surface area contributed by atoms with Gasteiger partial charge in [0.25, 0.3) is 5.91 Å². The lowest BCUT2D eigenvalue weighted by Crippen LogP contribution is -2.21. The fourth-order valence-electron chi connectivity index (χ4n) is 3.49. The summed E-state index contributed by atoms with van der Waals surface area (Å²) in [5, 5.41) is 22.5. The van der Waals surface area contributed by atoms with E-state index in [0.717, 1.165) is 43.0 Å². The van der Waals surface area contributed by atoms with Gasteiger partial charge in [0.2, 0.25) is 0 Å². The summed E-state index contributed by atoms with van der Waals surface area (Å²) in [6, 6.07) is 13.1. The molecule has 1 aliphatic heterocycles. The molecule has 0 spiro atoms. The van der Waals surface area contributed by atoms with Crippen molar-refractivity contribution in [2.75, 3.05) is 36.5 Å². The topological polar surface area (TPSA) is 145 Å². The van der Waals surface area contributed by atoms with Crippen molar-refractivity contribution in [3.05, 3.63) is 77.4 Å². The molecule has 0 radical (unpaired) electrons. The Morgan fingerprint density at radius 1 is 1.03 bits per heavy atom. The Bertz CT molecular complexity index is 1180. The van der Waals surface area contributed by atoms with Crippen molar-refractivity contribution >= 4 is 52.5 Å². The van der Waals surface area contributed by atoms with Crippen molar-refractivity contribution in [3.8, 4) is 0 Å². The first-order valence-electron chi connectivity index (χ1n) is 11.9. The molecule has 3 rings (SSSR count). The first-order valence-corrected chi connectivity index (χ1v) is 12.3. The molecule has 2 aromatic carbocycles. The summed E-state index contributed by atoms with van der Waals surface area (Å²) < 4.78 is 4.84. The number of carbonyl (C=O) groups is 4. The van der Waals surface area contributed by atoms with Crippen LogP contribution in [0.2, 0.25) is 5.02 Å². The highest BCUT2D eigenvalue weighted by molar-refractivity contribution is 6.31. The Balaban J connectivity index is 0.000000550. The summed E-state index contributed by atoms with van der Waals surface area (Å²) in [6.07, 6.45) is 6.19.